The monoisotopic (exact) mass is 477 g/mol. The molecule has 0 spiro atoms. The molecule has 1 unspecified atom stereocenters. The zero-order valence-corrected chi connectivity index (χ0v) is 19.8. The highest BCUT2D eigenvalue weighted by Crippen LogP contribution is 2.34. The lowest BCUT2D eigenvalue weighted by atomic mass is 10.2. The first-order chi connectivity index (χ1) is 16.5. The quantitative estimate of drug-likeness (QED) is 0.424. The Kier molecular flexibility index (Phi) is 5.74. The summed E-state index contributed by atoms with van der Waals surface area (Å²) < 4.78 is 13.9. The number of carbonyl (C=O) groups excluding carboxylic acids is 1. The molecular weight excluding hydrogens is 454 g/mol. The summed E-state index contributed by atoms with van der Waals surface area (Å²) in [4.78, 5) is 30.9. The maximum absolute atomic E-state index is 13.4. The molecule has 2 aromatic carbocycles. The molecule has 10 heteroatoms. The maximum atomic E-state index is 13.4. The molecule has 1 atom stereocenters. The van der Waals surface area contributed by atoms with Crippen molar-refractivity contribution in [3.63, 3.8) is 0 Å². The van der Waals surface area contributed by atoms with E-state index in [1.165, 1.54) is 18.9 Å². The Hall–Kier alpha value is -3.79. The number of amides is 1. The van der Waals surface area contributed by atoms with Crippen molar-refractivity contribution in [2.75, 3.05) is 25.3 Å². The number of thioether (sulfide) groups is 1. The Bertz CT molecular complexity index is 1460. The summed E-state index contributed by atoms with van der Waals surface area (Å²) in [6.07, 6.45) is 1.68. The number of aryl methyl sites for hydroxylation is 1. The Morgan fingerprint density at radius 3 is 2.79 bits per heavy atom. The summed E-state index contributed by atoms with van der Waals surface area (Å²) in [6, 6.07) is 12.7. The van der Waals surface area contributed by atoms with Crippen LogP contribution in [0.2, 0.25) is 0 Å². The van der Waals surface area contributed by atoms with Crippen molar-refractivity contribution < 1.29 is 14.3 Å². The lowest BCUT2D eigenvalue weighted by molar-refractivity contribution is -0.116. The van der Waals surface area contributed by atoms with E-state index in [1.807, 2.05) is 31.2 Å². The standard InChI is InChI=1S/C24H23N5O4S/c1-14-6-4-5-7-19(14)29-22-17(12-25-29)23(31)28-15(13-34-24(28)27-22)10-21(30)26-18-9-8-16(32-2)11-20(18)33-3/h4-9,11-12,15H,10,13H2,1-3H3,(H,26,30). The van der Waals surface area contributed by atoms with Crippen LogP contribution < -0.4 is 20.3 Å². The van der Waals surface area contributed by atoms with Gasteiger partial charge in [0.15, 0.2) is 10.8 Å². The van der Waals surface area contributed by atoms with E-state index in [9.17, 15) is 9.59 Å². The van der Waals surface area contributed by atoms with Gasteiger partial charge in [-0.05, 0) is 30.7 Å². The van der Waals surface area contributed by atoms with Gasteiger partial charge in [0.1, 0.15) is 16.9 Å². The predicted molar refractivity (Wildman–Crippen MR) is 130 cm³/mol. The summed E-state index contributed by atoms with van der Waals surface area (Å²) in [6.45, 7) is 1.99. The number of aromatic nitrogens is 4. The summed E-state index contributed by atoms with van der Waals surface area (Å²) in [5.74, 6) is 1.49. The largest absolute Gasteiger partial charge is 0.497 e. The summed E-state index contributed by atoms with van der Waals surface area (Å²) >= 11 is 1.47. The van der Waals surface area contributed by atoms with E-state index in [4.69, 9.17) is 14.5 Å². The molecule has 1 N–H and O–H groups in total. The maximum Gasteiger partial charge on any atom is 0.265 e. The van der Waals surface area contributed by atoms with E-state index in [0.717, 1.165) is 11.3 Å². The van der Waals surface area contributed by atoms with Crippen molar-refractivity contribution in [1.82, 2.24) is 19.3 Å². The Balaban J connectivity index is 1.42. The highest BCUT2D eigenvalue weighted by atomic mass is 32.2. The zero-order chi connectivity index (χ0) is 23.8. The summed E-state index contributed by atoms with van der Waals surface area (Å²) in [5, 5.41) is 8.33. The van der Waals surface area contributed by atoms with E-state index in [-0.39, 0.29) is 23.9 Å². The van der Waals surface area contributed by atoms with Gasteiger partial charge in [0.05, 0.1) is 37.8 Å². The Morgan fingerprint density at radius 1 is 1.21 bits per heavy atom. The number of carbonyl (C=O) groups is 1. The van der Waals surface area contributed by atoms with Crippen LogP contribution in [0.5, 0.6) is 11.5 Å². The van der Waals surface area contributed by atoms with Gasteiger partial charge in [0, 0.05) is 18.2 Å². The Morgan fingerprint density at radius 2 is 2.03 bits per heavy atom. The van der Waals surface area contributed by atoms with E-state index in [0.29, 0.717) is 39.1 Å². The van der Waals surface area contributed by atoms with Crippen molar-refractivity contribution in [1.29, 1.82) is 0 Å². The van der Waals surface area contributed by atoms with Gasteiger partial charge in [-0.3, -0.25) is 14.2 Å². The molecule has 174 valence electrons. The first kappa shape index (κ1) is 22.0. The van der Waals surface area contributed by atoms with Crippen molar-refractivity contribution in [3.05, 3.63) is 64.6 Å². The average Bonchev–Trinajstić information content (AvgIpc) is 3.44. The fraction of sp³-hybridized carbons (Fsp3) is 0.250. The third kappa shape index (κ3) is 3.79. The molecule has 5 rings (SSSR count). The van der Waals surface area contributed by atoms with Crippen molar-refractivity contribution in [3.8, 4) is 17.2 Å². The number of ether oxygens (including phenoxy) is 2. The van der Waals surface area contributed by atoms with E-state index in [2.05, 4.69) is 10.4 Å². The number of benzene rings is 2. The second kappa shape index (κ2) is 8.86. The first-order valence-corrected chi connectivity index (χ1v) is 11.7. The minimum Gasteiger partial charge on any atom is -0.497 e. The molecule has 0 aliphatic carbocycles. The van der Waals surface area contributed by atoms with E-state index in [1.54, 1.807) is 40.8 Å². The number of nitrogens with one attached hydrogen (secondary N) is 1. The van der Waals surface area contributed by atoms with Crippen LogP contribution in [0.15, 0.2) is 58.6 Å². The second-order valence-electron chi connectivity index (χ2n) is 7.93. The summed E-state index contributed by atoms with van der Waals surface area (Å²) in [7, 11) is 3.09. The molecule has 34 heavy (non-hydrogen) atoms. The highest BCUT2D eigenvalue weighted by Gasteiger charge is 2.30. The van der Waals surface area contributed by atoms with Crippen LogP contribution in [0.25, 0.3) is 16.7 Å². The minimum absolute atomic E-state index is 0.133. The topological polar surface area (TPSA) is 100 Å². The van der Waals surface area contributed by atoms with Gasteiger partial charge in [-0.1, -0.05) is 30.0 Å². The molecular formula is C24H23N5O4S. The van der Waals surface area contributed by atoms with Crippen LogP contribution in [0.1, 0.15) is 18.0 Å². The number of nitrogens with zero attached hydrogens (tertiary/aromatic N) is 4. The lowest BCUT2D eigenvalue weighted by Crippen LogP contribution is -2.27. The molecule has 0 bridgehead atoms. The molecule has 1 amide bonds. The fourth-order valence-electron chi connectivity index (χ4n) is 4.08. The van der Waals surface area contributed by atoms with Crippen molar-refractivity contribution in [2.24, 2.45) is 0 Å². The van der Waals surface area contributed by atoms with Crippen LogP contribution >= 0.6 is 11.8 Å². The fourth-order valence-corrected chi connectivity index (χ4v) is 5.21. The second-order valence-corrected chi connectivity index (χ2v) is 8.92. The number of rotatable bonds is 6. The lowest BCUT2D eigenvalue weighted by Gasteiger charge is -2.15. The number of para-hydroxylation sites is 1. The number of hydrogen-bond donors (Lipinski definition) is 1. The van der Waals surface area contributed by atoms with E-state index >= 15 is 0 Å². The predicted octanol–water partition coefficient (Wildman–Crippen LogP) is 3.58. The van der Waals surface area contributed by atoms with Gasteiger partial charge in [0.25, 0.3) is 5.56 Å². The van der Waals surface area contributed by atoms with Gasteiger partial charge in [-0.2, -0.15) is 5.10 Å². The van der Waals surface area contributed by atoms with Gasteiger partial charge in [0.2, 0.25) is 5.91 Å². The van der Waals surface area contributed by atoms with E-state index < -0.39 is 0 Å². The van der Waals surface area contributed by atoms with Gasteiger partial charge in [-0.15, -0.1) is 0 Å². The molecule has 0 fully saturated rings. The highest BCUT2D eigenvalue weighted by molar-refractivity contribution is 7.99. The molecule has 0 saturated carbocycles. The first-order valence-electron chi connectivity index (χ1n) is 10.7. The van der Waals surface area contributed by atoms with Crippen molar-refractivity contribution >= 4 is 34.4 Å². The SMILES string of the molecule is COc1ccc(NC(=O)CC2CSc3nc4c(cnn4-c4ccccc4C)c(=O)n32)c(OC)c1. The van der Waals surface area contributed by atoms with Gasteiger partial charge >= 0.3 is 0 Å². The molecule has 0 radical (unpaired) electrons. The molecule has 4 aromatic rings. The molecule has 1 aliphatic heterocycles. The number of fused-ring (bicyclic) bond motifs is 2. The minimum atomic E-state index is -0.310. The molecule has 9 nitrogen and oxygen atoms in total. The number of anilines is 1. The van der Waals surface area contributed by atoms with Crippen LogP contribution in [-0.2, 0) is 4.79 Å². The third-order valence-corrected chi connectivity index (χ3v) is 6.92. The van der Waals surface area contributed by atoms with Crippen LogP contribution in [0, 0.1) is 6.92 Å². The van der Waals surface area contributed by atoms with Crippen LogP contribution in [-0.4, -0.2) is 45.2 Å². The number of methoxy groups -OCH3 is 2. The summed E-state index contributed by atoms with van der Waals surface area (Å²) in [5.41, 5.74) is 2.78. The van der Waals surface area contributed by atoms with Crippen LogP contribution in [0.4, 0.5) is 5.69 Å². The molecule has 2 aromatic heterocycles. The molecule has 0 saturated heterocycles. The smallest absolute Gasteiger partial charge is 0.265 e. The van der Waals surface area contributed by atoms with Gasteiger partial charge < -0.3 is 14.8 Å². The molecule has 3 heterocycles. The average molecular weight is 478 g/mol. The van der Waals surface area contributed by atoms with Crippen molar-refractivity contribution in [2.45, 2.75) is 24.5 Å². The zero-order valence-electron chi connectivity index (χ0n) is 18.9. The molecule has 1 aliphatic rings. The Labute approximate surface area is 199 Å². The number of hydrogen-bond acceptors (Lipinski definition) is 7. The third-order valence-electron chi connectivity index (χ3n) is 5.82. The normalized spacial score (nSPS) is 14.7. The van der Waals surface area contributed by atoms with Crippen LogP contribution in [0.3, 0.4) is 0 Å². The van der Waals surface area contributed by atoms with Gasteiger partial charge in [-0.25, -0.2) is 9.67 Å².